The molecule has 5 nitrogen and oxygen atoms in total. The summed E-state index contributed by atoms with van der Waals surface area (Å²) >= 11 is 0. The number of hydrogen-bond acceptors (Lipinski definition) is 4. The third-order valence-electron chi connectivity index (χ3n) is 3.97. The quantitative estimate of drug-likeness (QED) is 0.762. The van der Waals surface area contributed by atoms with Gasteiger partial charge in [-0.25, -0.2) is 0 Å². The monoisotopic (exact) mass is 297 g/mol. The molecule has 0 aromatic heterocycles. The Hall–Kier alpha value is -1.07. The van der Waals surface area contributed by atoms with Crippen molar-refractivity contribution in [3.63, 3.8) is 0 Å². The van der Waals surface area contributed by atoms with Gasteiger partial charge in [0.05, 0.1) is 6.61 Å². The van der Waals surface area contributed by atoms with Gasteiger partial charge >= 0.3 is 0 Å². The molecule has 2 aliphatic heterocycles. The van der Waals surface area contributed by atoms with Gasteiger partial charge in [0.15, 0.2) is 5.76 Å². The maximum absolute atomic E-state index is 12.5. The van der Waals surface area contributed by atoms with Crippen LogP contribution in [-0.4, -0.2) is 48.5 Å². The summed E-state index contributed by atoms with van der Waals surface area (Å²) in [6.45, 7) is 4.48. The van der Waals surface area contributed by atoms with Crippen molar-refractivity contribution < 1.29 is 19.4 Å². The highest BCUT2D eigenvalue weighted by atomic mass is 16.7. The first-order valence-corrected chi connectivity index (χ1v) is 8.11. The normalized spacial score (nSPS) is 26.2. The van der Waals surface area contributed by atoms with Crippen LogP contribution in [0.25, 0.3) is 0 Å². The zero-order valence-corrected chi connectivity index (χ0v) is 12.9. The van der Waals surface area contributed by atoms with Crippen molar-refractivity contribution in [2.75, 3.05) is 26.3 Å². The summed E-state index contributed by atoms with van der Waals surface area (Å²) in [4.78, 5) is 14.3. The standard InChI is InChI=1S/C16H27NO4/c1-13-11-14(16(19)17-7-3-2-4-8-17)21-15(12-13)20-10-6-5-9-18/h11,13,15,18H,2-10,12H2,1H3/t13-,15+/m0/s1. The molecule has 0 spiro atoms. The molecule has 1 amide bonds. The summed E-state index contributed by atoms with van der Waals surface area (Å²) in [5.74, 6) is 0.735. The summed E-state index contributed by atoms with van der Waals surface area (Å²) in [5.41, 5.74) is 0. The summed E-state index contributed by atoms with van der Waals surface area (Å²) in [6, 6.07) is 0. The van der Waals surface area contributed by atoms with Gasteiger partial charge in [0, 0.05) is 26.1 Å². The van der Waals surface area contributed by atoms with E-state index in [1.165, 1.54) is 6.42 Å². The van der Waals surface area contributed by atoms with Crippen molar-refractivity contribution in [2.45, 2.75) is 51.7 Å². The number of hydrogen-bond donors (Lipinski definition) is 1. The van der Waals surface area contributed by atoms with Gasteiger partial charge in [0.25, 0.3) is 5.91 Å². The molecule has 2 rings (SSSR count). The maximum atomic E-state index is 12.5. The number of carbonyl (C=O) groups excluding carboxylic acids is 1. The van der Waals surface area contributed by atoms with Gasteiger partial charge in [-0.15, -0.1) is 0 Å². The molecule has 5 heteroatoms. The summed E-state index contributed by atoms with van der Waals surface area (Å²) in [5, 5.41) is 8.76. The predicted molar refractivity (Wildman–Crippen MR) is 79.4 cm³/mol. The maximum Gasteiger partial charge on any atom is 0.288 e. The number of nitrogens with zero attached hydrogens (tertiary/aromatic N) is 1. The number of aliphatic hydroxyl groups excluding tert-OH is 1. The van der Waals surface area contributed by atoms with E-state index in [4.69, 9.17) is 14.6 Å². The lowest BCUT2D eigenvalue weighted by Crippen LogP contribution is -2.39. The highest BCUT2D eigenvalue weighted by Gasteiger charge is 2.29. The molecule has 0 saturated carbocycles. The number of piperidine rings is 1. The van der Waals surface area contributed by atoms with E-state index in [2.05, 4.69) is 6.92 Å². The largest absolute Gasteiger partial charge is 0.459 e. The highest BCUT2D eigenvalue weighted by Crippen LogP contribution is 2.25. The first kappa shape index (κ1) is 16.3. The van der Waals surface area contributed by atoms with Crippen LogP contribution < -0.4 is 0 Å². The first-order chi connectivity index (χ1) is 10.2. The molecule has 0 aromatic carbocycles. The molecule has 0 radical (unpaired) electrons. The molecule has 0 unspecified atom stereocenters. The molecule has 2 atom stereocenters. The number of amides is 1. The number of rotatable bonds is 6. The Morgan fingerprint density at radius 1 is 1.38 bits per heavy atom. The van der Waals surface area contributed by atoms with Crippen LogP contribution in [0.3, 0.4) is 0 Å². The van der Waals surface area contributed by atoms with Gasteiger partial charge in [-0.1, -0.05) is 6.92 Å². The van der Waals surface area contributed by atoms with Crippen molar-refractivity contribution >= 4 is 5.91 Å². The van der Waals surface area contributed by atoms with Crippen LogP contribution in [0.4, 0.5) is 0 Å². The molecule has 1 saturated heterocycles. The van der Waals surface area contributed by atoms with Crippen LogP contribution in [0.15, 0.2) is 11.8 Å². The number of likely N-dealkylation sites (tertiary alicyclic amines) is 1. The molecule has 21 heavy (non-hydrogen) atoms. The Morgan fingerprint density at radius 2 is 2.14 bits per heavy atom. The smallest absolute Gasteiger partial charge is 0.288 e. The molecule has 0 bridgehead atoms. The highest BCUT2D eigenvalue weighted by molar-refractivity contribution is 5.91. The zero-order chi connectivity index (χ0) is 15.1. The molecule has 120 valence electrons. The van der Waals surface area contributed by atoms with E-state index in [9.17, 15) is 4.79 Å². The Labute approximate surface area is 126 Å². The van der Waals surface area contributed by atoms with E-state index in [1.807, 2.05) is 11.0 Å². The summed E-state index contributed by atoms with van der Waals surface area (Å²) in [6.07, 6.45) is 7.26. The van der Waals surface area contributed by atoms with Crippen LogP contribution in [-0.2, 0) is 14.3 Å². The second-order valence-corrected chi connectivity index (χ2v) is 5.95. The molecule has 0 aliphatic carbocycles. The number of ether oxygens (including phenoxy) is 2. The Balaban J connectivity index is 1.85. The Morgan fingerprint density at radius 3 is 2.86 bits per heavy atom. The first-order valence-electron chi connectivity index (χ1n) is 8.11. The lowest BCUT2D eigenvalue weighted by atomic mass is 10.0. The minimum absolute atomic E-state index is 0.00482. The van der Waals surface area contributed by atoms with Crippen molar-refractivity contribution in [1.82, 2.24) is 4.90 Å². The van der Waals surface area contributed by atoms with E-state index in [1.54, 1.807) is 0 Å². The third-order valence-corrected chi connectivity index (χ3v) is 3.97. The molecule has 2 heterocycles. The average Bonchev–Trinajstić information content (AvgIpc) is 2.51. The number of aliphatic hydroxyl groups is 1. The summed E-state index contributed by atoms with van der Waals surface area (Å²) < 4.78 is 11.4. The molecule has 1 fully saturated rings. The second-order valence-electron chi connectivity index (χ2n) is 5.95. The number of allylic oxidation sites excluding steroid dienone is 1. The van der Waals surface area contributed by atoms with Crippen molar-refractivity contribution in [3.8, 4) is 0 Å². The van der Waals surface area contributed by atoms with Crippen LogP contribution in [0.5, 0.6) is 0 Å². The number of carbonyl (C=O) groups is 1. The molecule has 1 N–H and O–H groups in total. The lowest BCUT2D eigenvalue weighted by Gasteiger charge is -2.32. The molecular weight excluding hydrogens is 270 g/mol. The zero-order valence-electron chi connectivity index (χ0n) is 12.9. The van der Waals surface area contributed by atoms with Crippen LogP contribution in [0.1, 0.15) is 45.4 Å². The van der Waals surface area contributed by atoms with E-state index in [0.717, 1.165) is 45.2 Å². The fraction of sp³-hybridized carbons (Fsp3) is 0.812. The Bertz CT molecular complexity index is 363. The minimum atomic E-state index is -0.340. The SMILES string of the molecule is C[C@H]1C=C(C(=O)N2CCCCC2)O[C@@H](OCCCCO)C1. The molecule has 0 aromatic rings. The van der Waals surface area contributed by atoms with Crippen molar-refractivity contribution in [2.24, 2.45) is 5.92 Å². The summed E-state index contributed by atoms with van der Waals surface area (Å²) in [7, 11) is 0. The van der Waals surface area contributed by atoms with E-state index < -0.39 is 0 Å². The van der Waals surface area contributed by atoms with E-state index in [-0.39, 0.29) is 24.7 Å². The van der Waals surface area contributed by atoms with Gasteiger partial charge in [0.2, 0.25) is 6.29 Å². The Kier molecular flexibility index (Phi) is 6.51. The molecule has 2 aliphatic rings. The average molecular weight is 297 g/mol. The van der Waals surface area contributed by atoms with Crippen molar-refractivity contribution in [1.29, 1.82) is 0 Å². The van der Waals surface area contributed by atoms with Crippen molar-refractivity contribution in [3.05, 3.63) is 11.8 Å². The topological polar surface area (TPSA) is 59.0 Å². The van der Waals surface area contributed by atoms with Gasteiger partial charge in [0.1, 0.15) is 0 Å². The minimum Gasteiger partial charge on any atom is -0.459 e. The van der Waals surface area contributed by atoms with E-state index in [0.29, 0.717) is 12.4 Å². The number of unbranched alkanes of at least 4 members (excludes halogenated alkanes) is 1. The third kappa shape index (κ3) is 5.00. The van der Waals surface area contributed by atoms with Gasteiger partial charge in [-0.3, -0.25) is 4.79 Å². The fourth-order valence-corrected chi connectivity index (χ4v) is 2.76. The predicted octanol–water partition coefficient (Wildman–Crippen LogP) is 2.05. The van der Waals surface area contributed by atoms with Gasteiger partial charge in [-0.2, -0.15) is 0 Å². The van der Waals surface area contributed by atoms with Gasteiger partial charge in [-0.05, 0) is 44.1 Å². The van der Waals surface area contributed by atoms with Crippen LogP contribution in [0, 0.1) is 5.92 Å². The second kappa shape index (κ2) is 8.39. The van der Waals surface area contributed by atoms with Crippen LogP contribution in [0.2, 0.25) is 0 Å². The van der Waals surface area contributed by atoms with Gasteiger partial charge < -0.3 is 19.5 Å². The molecular formula is C16H27NO4. The van der Waals surface area contributed by atoms with E-state index >= 15 is 0 Å². The lowest BCUT2D eigenvalue weighted by molar-refractivity contribution is -0.155. The van der Waals surface area contributed by atoms with Crippen LogP contribution >= 0.6 is 0 Å². The fourth-order valence-electron chi connectivity index (χ4n) is 2.76.